The maximum absolute atomic E-state index is 5.44. The van der Waals surface area contributed by atoms with Crippen LogP contribution in [0.4, 0.5) is 5.82 Å². The van der Waals surface area contributed by atoms with Crippen molar-refractivity contribution in [3.05, 3.63) is 24.4 Å². The molecule has 19 heavy (non-hydrogen) atoms. The van der Waals surface area contributed by atoms with E-state index in [1.54, 1.807) is 0 Å². The quantitative estimate of drug-likeness (QED) is 0.910. The Bertz CT molecular complexity index is 598. The number of ether oxygens (including phenoxy) is 2. The Hall–Kier alpha value is -1.97. The van der Waals surface area contributed by atoms with E-state index < -0.39 is 0 Å². The van der Waals surface area contributed by atoms with Crippen LogP contribution in [-0.2, 0) is 0 Å². The van der Waals surface area contributed by atoms with Gasteiger partial charge in [-0.3, -0.25) is 0 Å². The van der Waals surface area contributed by atoms with E-state index in [2.05, 4.69) is 24.1 Å². The zero-order chi connectivity index (χ0) is 13.2. The minimum atomic E-state index is 0.300. The summed E-state index contributed by atoms with van der Waals surface area (Å²) in [6, 6.07) is 6.42. The number of aromatic nitrogens is 1. The van der Waals surface area contributed by atoms with Gasteiger partial charge in [0.25, 0.3) is 0 Å². The van der Waals surface area contributed by atoms with Gasteiger partial charge >= 0.3 is 0 Å². The van der Waals surface area contributed by atoms with Crippen LogP contribution >= 0.6 is 0 Å². The molecule has 100 valence electrons. The minimum Gasteiger partial charge on any atom is -0.454 e. The molecule has 0 spiro atoms. The summed E-state index contributed by atoms with van der Waals surface area (Å²) in [5.74, 6) is 2.52. The molecule has 0 bridgehead atoms. The summed E-state index contributed by atoms with van der Waals surface area (Å²) < 4.78 is 10.8. The average molecular weight is 258 g/mol. The van der Waals surface area contributed by atoms with E-state index in [9.17, 15) is 0 Å². The Kier molecular flexibility index (Phi) is 3.15. The van der Waals surface area contributed by atoms with Crippen molar-refractivity contribution in [1.29, 1.82) is 0 Å². The fourth-order valence-electron chi connectivity index (χ4n) is 2.42. The Morgan fingerprint density at radius 2 is 2.11 bits per heavy atom. The maximum Gasteiger partial charge on any atom is 0.231 e. The zero-order valence-corrected chi connectivity index (χ0v) is 11.3. The van der Waals surface area contributed by atoms with E-state index in [0.29, 0.717) is 12.8 Å². The van der Waals surface area contributed by atoms with Crippen LogP contribution in [0.3, 0.4) is 0 Å². The zero-order valence-electron chi connectivity index (χ0n) is 11.3. The number of rotatable bonds is 4. The molecule has 0 aliphatic carbocycles. The molecule has 0 radical (unpaired) electrons. The number of fused-ring (bicyclic) bond motifs is 2. The molecule has 1 atom stereocenters. The van der Waals surface area contributed by atoms with Gasteiger partial charge in [-0.15, -0.1) is 0 Å². The molecule has 1 N–H and O–H groups in total. The van der Waals surface area contributed by atoms with Crippen LogP contribution in [0, 0.1) is 0 Å². The van der Waals surface area contributed by atoms with Gasteiger partial charge in [0.1, 0.15) is 5.82 Å². The Morgan fingerprint density at radius 1 is 1.32 bits per heavy atom. The summed E-state index contributed by atoms with van der Waals surface area (Å²) >= 11 is 0. The van der Waals surface area contributed by atoms with Gasteiger partial charge in [0, 0.05) is 17.6 Å². The second kappa shape index (κ2) is 4.96. The van der Waals surface area contributed by atoms with E-state index in [1.807, 2.05) is 24.4 Å². The van der Waals surface area contributed by atoms with Gasteiger partial charge in [-0.25, -0.2) is 4.98 Å². The van der Waals surface area contributed by atoms with Crippen molar-refractivity contribution in [2.75, 3.05) is 12.1 Å². The van der Waals surface area contributed by atoms with Crippen LogP contribution in [0.25, 0.3) is 10.8 Å². The summed E-state index contributed by atoms with van der Waals surface area (Å²) in [4.78, 5) is 4.45. The maximum atomic E-state index is 5.44. The number of pyridine rings is 1. The Morgan fingerprint density at radius 3 is 2.89 bits per heavy atom. The lowest BCUT2D eigenvalue weighted by atomic mass is 10.1. The molecular formula is C15H18N2O2. The molecule has 4 nitrogen and oxygen atoms in total. The fraction of sp³-hybridized carbons (Fsp3) is 0.400. The molecule has 0 amide bonds. The van der Waals surface area contributed by atoms with Gasteiger partial charge in [-0.1, -0.05) is 13.3 Å². The number of anilines is 1. The monoisotopic (exact) mass is 258 g/mol. The molecule has 1 aliphatic heterocycles. The average Bonchev–Trinajstić information content (AvgIpc) is 2.84. The molecular weight excluding hydrogens is 240 g/mol. The van der Waals surface area contributed by atoms with E-state index in [-0.39, 0.29) is 0 Å². The number of benzene rings is 1. The predicted molar refractivity (Wildman–Crippen MR) is 75.9 cm³/mol. The number of hydrogen-bond acceptors (Lipinski definition) is 4. The molecule has 2 heterocycles. The van der Waals surface area contributed by atoms with Crippen molar-refractivity contribution in [1.82, 2.24) is 4.98 Å². The topological polar surface area (TPSA) is 43.4 Å². The highest BCUT2D eigenvalue weighted by molar-refractivity contribution is 5.94. The second-order valence-corrected chi connectivity index (χ2v) is 4.92. The van der Waals surface area contributed by atoms with Gasteiger partial charge in [0.2, 0.25) is 6.79 Å². The standard InChI is InChI=1S/C15H18N2O2/c1-3-4-10(2)17-15-12-8-14-13(18-9-19-14)7-11(12)5-6-16-15/h5-8,10H,3-4,9H2,1-2H3,(H,16,17). The normalized spacial score (nSPS) is 14.6. The molecule has 3 rings (SSSR count). The van der Waals surface area contributed by atoms with Gasteiger partial charge in [0.15, 0.2) is 11.5 Å². The Labute approximate surface area is 112 Å². The summed E-state index contributed by atoms with van der Waals surface area (Å²) in [6.45, 7) is 4.66. The smallest absolute Gasteiger partial charge is 0.231 e. The lowest BCUT2D eigenvalue weighted by Crippen LogP contribution is -2.15. The third-order valence-electron chi connectivity index (χ3n) is 3.36. The van der Waals surface area contributed by atoms with Crippen LogP contribution < -0.4 is 14.8 Å². The molecule has 1 aliphatic rings. The predicted octanol–water partition coefficient (Wildman–Crippen LogP) is 3.56. The molecule has 0 saturated heterocycles. The van der Waals surface area contributed by atoms with E-state index in [1.165, 1.54) is 0 Å². The molecule has 0 saturated carbocycles. The van der Waals surface area contributed by atoms with Crippen LogP contribution in [0.2, 0.25) is 0 Å². The third-order valence-corrected chi connectivity index (χ3v) is 3.36. The highest BCUT2D eigenvalue weighted by Gasteiger charge is 2.16. The van der Waals surface area contributed by atoms with Crippen molar-refractivity contribution in [3.8, 4) is 11.5 Å². The van der Waals surface area contributed by atoms with E-state index in [4.69, 9.17) is 9.47 Å². The number of nitrogens with one attached hydrogen (secondary N) is 1. The molecule has 1 aromatic carbocycles. The van der Waals surface area contributed by atoms with Crippen molar-refractivity contribution in [3.63, 3.8) is 0 Å². The summed E-state index contributed by atoms with van der Waals surface area (Å²) in [5, 5.41) is 5.66. The SMILES string of the molecule is CCCC(C)Nc1nccc2cc3c(cc12)OCO3. The van der Waals surface area contributed by atoms with Crippen molar-refractivity contribution >= 4 is 16.6 Å². The van der Waals surface area contributed by atoms with Crippen LogP contribution in [-0.4, -0.2) is 17.8 Å². The third kappa shape index (κ3) is 2.30. The van der Waals surface area contributed by atoms with Crippen LogP contribution in [0.1, 0.15) is 26.7 Å². The second-order valence-electron chi connectivity index (χ2n) is 4.92. The first-order valence-electron chi connectivity index (χ1n) is 6.73. The summed E-state index contributed by atoms with van der Waals surface area (Å²) in [5.41, 5.74) is 0. The first kappa shape index (κ1) is 12.1. The highest BCUT2D eigenvalue weighted by Crippen LogP contribution is 2.37. The first-order valence-corrected chi connectivity index (χ1v) is 6.73. The Balaban J connectivity index is 2.00. The van der Waals surface area contributed by atoms with Crippen LogP contribution in [0.5, 0.6) is 11.5 Å². The lowest BCUT2D eigenvalue weighted by molar-refractivity contribution is 0.174. The highest BCUT2D eigenvalue weighted by atomic mass is 16.7. The molecule has 2 aromatic rings. The molecule has 1 unspecified atom stereocenters. The van der Waals surface area contributed by atoms with E-state index >= 15 is 0 Å². The van der Waals surface area contributed by atoms with E-state index in [0.717, 1.165) is 40.9 Å². The van der Waals surface area contributed by atoms with Gasteiger partial charge in [0.05, 0.1) is 0 Å². The molecule has 1 aromatic heterocycles. The first-order chi connectivity index (χ1) is 9.28. The number of hydrogen-bond donors (Lipinski definition) is 1. The largest absolute Gasteiger partial charge is 0.454 e. The van der Waals surface area contributed by atoms with Crippen molar-refractivity contribution in [2.45, 2.75) is 32.7 Å². The lowest BCUT2D eigenvalue weighted by Gasteiger charge is -2.15. The molecule has 4 heteroatoms. The van der Waals surface area contributed by atoms with Crippen molar-refractivity contribution < 1.29 is 9.47 Å². The fourth-order valence-corrected chi connectivity index (χ4v) is 2.42. The van der Waals surface area contributed by atoms with Gasteiger partial charge < -0.3 is 14.8 Å². The minimum absolute atomic E-state index is 0.300. The van der Waals surface area contributed by atoms with Crippen molar-refractivity contribution in [2.24, 2.45) is 0 Å². The number of nitrogens with zero attached hydrogens (tertiary/aromatic N) is 1. The van der Waals surface area contributed by atoms with Crippen LogP contribution in [0.15, 0.2) is 24.4 Å². The molecule has 0 fully saturated rings. The van der Waals surface area contributed by atoms with Gasteiger partial charge in [-0.2, -0.15) is 0 Å². The summed E-state index contributed by atoms with van der Waals surface area (Å²) in [6.07, 6.45) is 4.11. The summed E-state index contributed by atoms with van der Waals surface area (Å²) in [7, 11) is 0. The van der Waals surface area contributed by atoms with Gasteiger partial charge in [-0.05, 0) is 36.9 Å².